The summed E-state index contributed by atoms with van der Waals surface area (Å²) in [6.45, 7) is 0. The summed E-state index contributed by atoms with van der Waals surface area (Å²) in [7, 11) is 3.19. The molecule has 0 radical (unpaired) electrons. The van der Waals surface area contributed by atoms with Crippen LogP contribution >= 0.6 is 0 Å². The van der Waals surface area contributed by atoms with Crippen LogP contribution in [0.15, 0.2) is 57.7 Å². The number of ether oxygens (including phenoxy) is 2. The first-order valence-electron chi connectivity index (χ1n) is 6.47. The molecule has 0 amide bonds. The standard InChI is InChI=1S/C17H14O4/c1-19-13-5-3-4-11(8-13)15-10-12-9-14(20-2)6-7-16(12)21-17(15)18/h3-10H,1-2H3. The second kappa shape index (κ2) is 5.32. The summed E-state index contributed by atoms with van der Waals surface area (Å²) in [4.78, 5) is 12.1. The lowest BCUT2D eigenvalue weighted by Crippen LogP contribution is -2.02. The summed E-state index contributed by atoms with van der Waals surface area (Å²) in [6.07, 6.45) is 0. The van der Waals surface area contributed by atoms with E-state index < -0.39 is 0 Å². The van der Waals surface area contributed by atoms with Gasteiger partial charge in [-0.1, -0.05) is 12.1 Å². The summed E-state index contributed by atoms with van der Waals surface area (Å²) in [5.41, 5.74) is 1.41. The molecule has 0 N–H and O–H groups in total. The minimum Gasteiger partial charge on any atom is -0.497 e. The van der Waals surface area contributed by atoms with Crippen molar-refractivity contribution in [1.29, 1.82) is 0 Å². The number of methoxy groups -OCH3 is 2. The molecule has 0 saturated carbocycles. The van der Waals surface area contributed by atoms with Crippen LogP contribution in [0.4, 0.5) is 0 Å². The Balaban J connectivity index is 2.21. The minimum absolute atomic E-state index is 0.374. The molecule has 1 aromatic heterocycles. The zero-order chi connectivity index (χ0) is 14.8. The Bertz CT molecular complexity index is 849. The summed E-state index contributed by atoms with van der Waals surface area (Å²) in [6, 6.07) is 14.4. The molecule has 0 saturated heterocycles. The van der Waals surface area contributed by atoms with Crippen LogP contribution in [0.3, 0.4) is 0 Å². The van der Waals surface area contributed by atoms with Crippen LogP contribution in [0.2, 0.25) is 0 Å². The maximum Gasteiger partial charge on any atom is 0.344 e. The Kier molecular flexibility index (Phi) is 3.36. The monoisotopic (exact) mass is 282 g/mol. The fourth-order valence-corrected chi connectivity index (χ4v) is 2.22. The Hall–Kier alpha value is -2.75. The fourth-order valence-electron chi connectivity index (χ4n) is 2.22. The Morgan fingerprint density at radius 3 is 2.43 bits per heavy atom. The summed E-state index contributed by atoms with van der Waals surface area (Å²) in [5, 5.41) is 0.812. The molecular formula is C17H14O4. The van der Waals surface area contributed by atoms with Crippen LogP contribution in [0.25, 0.3) is 22.1 Å². The first-order chi connectivity index (χ1) is 10.2. The SMILES string of the molecule is COc1cccc(-c2cc3cc(OC)ccc3oc2=O)c1. The number of benzene rings is 2. The highest BCUT2D eigenvalue weighted by Gasteiger charge is 2.09. The molecule has 0 atom stereocenters. The highest BCUT2D eigenvalue weighted by atomic mass is 16.5. The van der Waals surface area contributed by atoms with Crippen LogP contribution in [-0.2, 0) is 0 Å². The van der Waals surface area contributed by atoms with E-state index in [1.165, 1.54) is 0 Å². The van der Waals surface area contributed by atoms with E-state index in [9.17, 15) is 4.79 Å². The van der Waals surface area contributed by atoms with Crippen LogP contribution in [0.1, 0.15) is 0 Å². The van der Waals surface area contributed by atoms with Crippen LogP contribution in [0.5, 0.6) is 11.5 Å². The van der Waals surface area contributed by atoms with E-state index in [4.69, 9.17) is 13.9 Å². The van der Waals surface area contributed by atoms with Gasteiger partial charge in [0.25, 0.3) is 0 Å². The molecular weight excluding hydrogens is 268 g/mol. The van der Waals surface area contributed by atoms with Gasteiger partial charge >= 0.3 is 5.63 Å². The molecule has 4 heteroatoms. The van der Waals surface area contributed by atoms with Gasteiger partial charge in [0.15, 0.2) is 0 Å². The Morgan fingerprint density at radius 1 is 0.905 bits per heavy atom. The van der Waals surface area contributed by atoms with Crippen LogP contribution in [0, 0.1) is 0 Å². The van der Waals surface area contributed by atoms with Gasteiger partial charge in [-0.3, -0.25) is 0 Å². The molecule has 0 fully saturated rings. The largest absolute Gasteiger partial charge is 0.497 e. The van der Waals surface area contributed by atoms with E-state index in [1.54, 1.807) is 38.5 Å². The molecule has 4 nitrogen and oxygen atoms in total. The quantitative estimate of drug-likeness (QED) is 0.690. The van der Waals surface area contributed by atoms with Gasteiger partial charge in [0.2, 0.25) is 0 Å². The van der Waals surface area contributed by atoms with Gasteiger partial charge in [0.1, 0.15) is 17.1 Å². The average Bonchev–Trinajstić information content (AvgIpc) is 2.53. The number of hydrogen-bond donors (Lipinski definition) is 0. The minimum atomic E-state index is -0.374. The Morgan fingerprint density at radius 2 is 1.67 bits per heavy atom. The second-order valence-electron chi connectivity index (χ2n) is 4.58. The summed E-state index contributed by atoms with van der Waals surface area (Å²) < 4.78 is 15.8. The van der Waals surface area contributed by atoms with Crippen molar-refractivity contribution in [2.45, 2.75) is 0 Å². The van der Waals surface area contributed by atoms with E-state index in [0.717, 1.165) is 10.9 Å². The molecule has 21 heavy (non-hydrogen) atoms. The van der Waals surface area contributed by atoms with Crippen molar-refractivity contribution >= 4 is 11.0 Å². The van der Waals surface area contributed by atoms with Gasteiger partial charge < -0.3 is 13.9 Å². The molecule has 0 unspecified atom stereocenters. The van der Waals surface area contributed by atoms with E-state index in [2.05, 4.69) is 0 Å². The zero-order valence-corrected chi connectivity index (χ0v) is 11.8. The maximum absolute atomic E-state index is 12.1. The van der Waals surface area contributed by atoms with Crippen LogP contribution < -0.4 is 15.1 Å². The molecule has 0 spiro atoms. The van der Waals surface area contributed by atoms with Crippen LogP contribution in [-0.4, -0.2) is 14.2 Å². The first kappa shape index (κ1) is 13.2. The number of hydrogen-bond acceptors (Lipinski definition) is 4. The predicted octanol–water partition coefficient (Wildman–Crippen LogP) is 3.48. The smallest absolute Gasteiger partial charge is 0.344 e. The highest BCUT2D eigenvalue weighted by molar-refractivity contribution is 5.83. The Labute approximate surface area is 121 Å². The maximum atomic E-state index is 12.1. The molecule has 1 heterocycles. The highest BCUT2D eigenvalue weighted by Crippen LogP contribution is 2.26. The molecule has 0 bridgehead atoms. The zero-order valence-electron chi connectivity index (χ0n) is 11.8. The lowest BCUT2D eigenvalue weighted by molar-refractivity contribution is 0.414. The van der Waals surface area contributed by atoms with Gasteiger partial charge in [0.05, 0.1) is 19.8 Å². The van der Waals surface area contributed by atoms with Crippen molar-refractivity contribution in [3.63, 3.8) is 0 Å². The number of rotatable bonds is 3. The van der Waals surface area contributed by atoms with Crippen molar-refractivity contribution < 1.29 is 13.9 Å². The van der Waals surface area contributed by atoms with Crippen molar-refractivity contribution in [1.82, 2.24) is 0 Å². The van der Waals surface area contributed by atoms with Crippen molar-refractivity contribution in [3.05, 3.63) is 59.0 Å². The van der Waals surface area contributed by atoms with Crippen molar-refractivity contribution in [3.8, 4) is 22.6 Å². The lowest BCUT2D eigenvalue weighted by Gasteiger charge is -2.06. The predicted molar refractivity (Wildman–Crippen MR) is 81.0 cm³/mol. The molecule has 0 aliphatic heterocycles. The second-order valence-corrected chi connectivity index (χ2v) is 4.58. The molecule has 0 aliphatic rings. The van der Waals surface area contributed by atoms with Gasteiger partial charge in [-0.15, -0.1) is 0 Å². The molecule has 0 aliphatic carbocycles. The van der Waals surface area contributed by atoms with Gasteiger partial charge in [-0.05, 0) is 42.0 Å². The molecule has 2 aromatic carbocycles. The number of fused-ring (bicyclic) bond motifs is 1. The first-order valence-corrected chi connectivity index (χ1v) is 6.47. The fraction of sp³-hybridized carbons (Fsp3) is 0.118. The van der Waals surface area contributed by atoms with Crippen molar-refractivity contribution in [2.24, 2.45) is 0 Å². The van der Waals surface area contributed by atoms with Gasteiger partial charge in [-0.25, -0.2) is 4.79 Å². The van der Waals surface area contributed by atoms with E-state index in [1.807, 2.05) is 24.3 Å². The third kappa shape index (κ3) is 2.48. The third-order valence-corrected chi connectivity index (χ3v) is 3.32. The lowest BCUT2D eigenvalue weighted by atomic mass is 10.1. The van der Waals surface area contributed by atoms with Crippen molar-refractivity contribution in [2.75, 3.05) is 14.2 Å². The van der Waals surface area contributed by atoms with E-state index in [-0.39, 0.29) is 5.63 Å². The third-order valence-electron chi connectivity index (χ3n) is 3.32. The van der Waals surface area contributed by atoms with Gasteiger partial charge in [0, 0.05) is 5.39 Å². The summed E-state index contributed by atoms with van der Waals surface area (Å²) >= 11 is 0. The van der Waals surface area contributed by atoms with E-state index >= 15 is 0 Å². The topological polar surface area (TPSA) is 48.7 Å². The average molecular weight is 282 g/mol. The normalized spacial score (nSPS) is 10.6. The van der Waals surface area contributed by atoms with Gasteiger partial charge in [-0.2, -0.15) is 0 Å². The molecule has 3 aromatic rings. The molecule has 106 valence electrons. The summed E-state index contributed by atoms with van der Waals surface area (Å²) in [5.74, 6) is 1.41. The molecule has 3 rings (SSSR count). The van der Waals surface area contributed by atoms with E-state index in [0.29, 0.717) is 22.6 Å².